The summed E-state index contributed by atoms with van der Waals surface area (Å²) in [5.74, 6) is 0. The lowest BCUT2D eigenvalue weighted by atomic mass is 10.3. The van der Waals surface area contributed by atoms with Crippen LogP contribution in [0.4, 0.5) is 0 Å². The molecule has 1 unspecified atom stereocenters. The van der Waals surface area contributed by atoms with Crippen molar-refractivity contribution in [1.29, 1.82) is 0 Å². The molecule has 0 aliphatic carbocycles. The van der Waals surface area contributed by atoms with Gasteiger partial charge in [0.25, 0.3) is 0 Å². The molecular formula is C6H7NOS3. The number of hydrogen-bond donors (Lipinski definition) is 0. The minimum absolute atomic E-state index is 0.112. The minimum atomic E-state index is -0.112. The van der Waals surface area contributed by atoms with E-state index in [1.807, 2.05) is 6.21 Å². The second kappa shape index (κ2) is 2.88. The summed E-state index contributed by atoms with van der Waals surface area (Å²) in [6.07, 6.45) is 3.92. The van der Waals surface area contributed by atoms with Crippen molar-refractivity contribution in [2.24, 2.45) is 5.16 Å². The van der Waals surface area contributed by atoms with Crippen LogP contribution < -0.4 is 0 Å². The molecule has 0 bridgehead atoms. The third-order valence-corrected chi connectivity index (χ3v) is 6.49. The van der Waals surface area contributed by atoms with E-state index < -0.39 is 0 Å². The summed E-state index contributed by atoms with van der Waals surface area (Å²) in [7, 11) is 1.66. The maximum atomic E-state index is 5.15. The summed E-state index contributed by atoms with van der Waals surface area (Å²) >= 11 is 1.78. The van der Waals surface area contributed by atoms with Gasteiger partial charge < -0.3 is 4.28 Å². The van der Waals surface area contributed by atoms with Crippen molar-refractivity contribution < 1.29 is 4.28 Å². The molecule has 0 saturated carbocycles. The monoisotopic (exact) mass is 205 g/mol. The molecule has 0 amide bonds. The van der Waals surface area contributed by atoms with Gasteiger partial charge >= 0.3 is 0 Å². The van der Waals surface area contributed by atoms with E-state index in [0.29, 0.717) is 0 Å². The number of rotatable bonds is 1. The SMILES string of the molecule is CSC1=C(C)C2=S(ON=C2)S1. The van der Waals surface area contributed by atoms with Crippen LogP contribution in [0.15, 0.2) is 15.0 Å². The van der Waals surface area contributed by atoms with Gasteiger partial charge in [-0.05, 0) is 29.5 Å². The van der Waals surface area contributed by atoms with Gasteiger partial charge in [-0.1, -0.05) is 5.16 Å². The summed E-state index contributed by atoms with van der Waals surface area (Å²) in [6, 6.07) is 0. The van der Waals surface area contributed by atoms with Gasteiger partial charge in [-0.2, -0.15) is 0 Å². The van der Waals surface area contributed by atoms with Crippen molar-refractivity contribution in [2.45, 2.75) is 6.92 Å². The average molecular weight is 205 g/mol. The molecule has 0 fully saturated rings. The number of nitrogens with zero attached hydrogens (tertiary/aromatic N) is 1. The predicted molar refractivity (Wildman–Crippen MR) is 56.0 cm³/mol. The van der Waals surface area contributed by atoms with E-state index >= 15 is 0 Å². The van der Waals surface area contributed by atoms with Crippen LogP contribution in [-0.4, -0.2) is 17.3 Å². The Bertz CT molecular complexity index is 292. The first kappa shape index (κ1) is 7.76. The second-order valence-electron chi connectivity index (χ2n) is 2.11. The molecule has 5 heteroatoms. The molecule has 0 aromatic carbocycles. The Morgan fingerprint density at radius 3 is 3.18 bits per heavy atom. The van der Waals surface area contributed by atoms with Crippen LogP contribution in [0.5, 0.6) is 0 Å². The molecule has 2 heterocycles. The zero-order chi connectivity index (χ0) is 7.84. The van der Waals surface area contributed by atoms with Gasteiger partial charge in [0.1, 0.15) is 0 Å². The molecule has 2 rings (SSSR count). The lowest BCUT2D eigenvalue weighted by Crippen LogP contribution is -1.94. The predicted octanol–water partition coefficient (Wildman–Crippen LogP) is 2.62. The van der Waals surface area contributed by atoms with Crippen LogP contribution >= 0.6 is 32.4 Å². The van der Waals surface area contributed by atoms with E-state index in [-0.39, 0.29) is 9.80 Å². The smallest absolute Gasteiger partial charge is 0.0988 e. The number of oxime groups is 1. The third-order valence-electron chi connectivity index (χ3n) is 1.47. The quantitative estimate of drug-likeness (QED) is 0.485. The lowest BCUT2D eigenvalue weighted by Gasteiger charge is -1.97. The zero-order valence-corrected chi connectivity index (χ0v) is 8.61. The summed E-state index contributed by atoms with van der Waals surface area (Å²) in [5, 5.41) is 3.77. The highest BCUT2D eigenvalue weighted by molar-refractivity contribution is 8.86. The average Bonchev–Trinajstić information content (AvgIpc) is 2.53. The molecule has 2 aliphatic heterocycles. The zero-order valence-electron chi connectivity index (χ0n) is 6.16. The summed E-state index contributed by atoms with van der Waals surface area (Å²) in [6.45, 7) is 2.13. The fraction of sp³-hybridized carbons (Fsp3) is 0.333. The molecule has 2 nitrogen and oxygen atoms in total. The Kier molecular flexibility index (Phi) is 2.03. The molecule has 0 radical (unpaired) electrons. The molecule has 0 spiro atoms. The molecule has 11 heavy (non-hydrogen) atoms. The van der Waals surface area contributed by atoms with Gasteiger partial charge in [0.2, 0.25) is 0 Å². The number of allylic oxidation sites excluding steroid dienone is 1. The Morgan fingerprint density at radius 1 is 1.73 bits per heavy atom. The first-order valence-corrected chi connectivity index (χ1v) is 6.79. The van der Waals surface area contributed by atoms with Crippen LogP contribution in [0, 0.1) is 0 Å². The van der Waals surface area contributed by atoms with E-state index in [1.54, 1.807) is 22.6 Å². The molecular weight excluding hydrogens is 198 g/mol. The maximum absolute atomic E-state index is 5.15. The second-order valence-corrected chi connectivity index (χ2v) is 6.22. The molecule has 60 valence electrons. The van der Waals surface area contributed by atoms with E-state index in [0.717, 1.165) is 0 Å². The van der Waals surface area contributed by atoms with Crippen molar-refractivity contribution in [1.82, 2.24) is 0 Å². The Morgan fingerprint density at radius 2 is 2.55 bits per heavy atom. The minimum Gasteiger partial charge on any atom is -0.319 e. The van der Waals surface area contributed by atoms with Crippen molar-refractivity contribution >= 4 is 43.4 Å². The van der Waals surface area contributed by atoms with E-state index in [2.05, 4.69) is 18.3 Å². The van der Waals surface area contributed by atoms with Gasteiger partial charge in [-0.25, -0.2) is 0 Å². The normalized spacial score (nSPS) is 27.8. The van der Waals surface area contributed by atoms with Crippen LogP contribution in [0.25, 0.3) is 0 Å². The van der Waals surface area contributed by atoms with Crippen molar-refractivity contribution in [3.63, 3.8) is 0 Å². The molecule has 0 aromatic rings. The topological polar surface area (TPSA) is 21.6 Å². The summed E-state index contributed by atoms with van der Waals surface area (Å²) < 4.78 is 6.52. The van der Waals surface area contributed by atoms with E-state index in [1.165, 1.54) is 14.7 Å². The summed E-state index contributed by atoms with van der Waals surface area (Å²) in [4.78, 5) is 1.26. The van der Waals surface area contributed by atoms with Crippen molar-refractivity contribution in [3.8, 4) is 0 Å². The highest BCUT2D eigenvalue weighted by atomic mass is 33.1. The Balaban J connectivity index is 2.35. The molecule has 0 N–H and O–H groups in total. The highest BCUT2D eigenvalue weighted by Gasteiger charge is 2.25. The Labute approximate surface area is 76.0 Å². The van der Waals surface area contributed by atoms with Crippen molar-refractivity contribution in [2.75, 3.05) is 6.26 Å². The molecule has 0 aromatic heterocycles. The molecule has 0 saturated heterocycles. The first-order chi connectivity index (χ1) is 5.33. The fourth-order valence-corrected chi connectivity index (χ4v) is 5.81. The number of thioether (sulfide) groups is 1. The molecule has 2 aliphatic rings. The largest absolute Gasteiger partial charge is 0.319 e. The van der Waals surface area contributed by atoms with Gasteiger partial charge in [0.05, 0.1) is 25.1 Å². The van der Waals surface area contributed by atoms with Crippen LogP contribution in [0.2, 0.25) is 0 Å². The van der Waals surface area contributed by atoms with E-state index in [9.17, 15) is 0 Å². The van der Waals surface area contributed by atoms with Crippen LogP contribution in [0.1, 0.15) is 6.92 Å². The van der Waals surface area contributed by atoms with Gasteiger partial charge in [-0.3, -0.25) is 0 Å². The lowest BCUT2D eigenvalue weighted by molar-refractivity contribution is 0.417. The van der Waals surface area contributed by atoms with Gasteiger partial charge in [0.15, 0.2) is 0 Å². The maximum Gasteiger partial charge on any atom is 0.0988 e. The number of hydrogen-bond acceptors (Lipinski definition) is 4. The van der Waals surface area contributed by atoms with Crippen LogP contribution in [-0.2, 0) is 4.28 Å². The van der Waals surface area contributed by atoms with Gasteiger partial charge in [0, 0.05) is 0 Å². The fourth-order valence-electron chi connectivity index (χ4n) is 0.893. The van der Waals surface area contributed by atoms with E-state index in [4.69, 9.17) is 4.28 Å². The van der Waals surface area contributed by atoms with Crippen molar-refractivity contribution in [3.05, 3.63) is 9.81 Å². The van der Waals surface area contributed by atoms with Gasteiger partial charge in [-0.15, -0.1) is 11.8 Å². The van der Waals surface area contributed by atoms with Crippen LogP contribution in [0.3, 0.4) is 0 Å². The third kappa shape index (κ3) is 1.15. The highest BCUT2D eigenvalue weighted by Crippen LogP contribution is 2.52. The molecule has 1 atom stereocenters. The first-order valence-electron chi connectivity index (χ1n) is 3.08. The summed E-state index contributed by atoms with van der Waals surface area (Å²) in [5.41, 5.74) is 1.34. The Hall–Kier alpha value is 0.130. The standard InChI is InChI=1S/C6H7NOS3/c1-4-5-3-7-8-11(5)10-6(4)9-2/h3H,1-2H3.